The Balaban J connectivity index is 1.91. The highest BCUT2D eigenvalue weighted by Crippen LogP contribution is 2.31. The summed E-state index contributed by atoms with van der Waals surface area (Å²) in [6.45, 7) is 1.48. The molecule has 0 bridgehead atoms. The van der Waals surface area contributed by atoms with E-state index in [1.165, 1.54) is 6.07 Å². The van der Waals surface area contributed by atoms with Gasteiger partial charge in [0.05, 0.1) is 22.9 Å². The van der Waals surface area contributed by atoms with Gasteiger partial charge in [0.2, 0.25) is 0 Å². The van der Waals surface area contributed by atoms with E-state index in [1.807, 2.05) is 10.9 Å². The highest BCUT2D eigenvalue weighted by Gasteiger charge is 2.18. The molecule has 0 atom stereocenters. The maximum absolute atomic E-state index is 14.0. The van der Waals surface area contributed by atoms with Crippen molar-refractivity contribution >= 4 is 17.3 Å². The number of aromatic nitrogens is 2. The SMILES string of the molecule is Nc1cc(-c2cnn(C3CCOCC3)c2)c(F)cc1Cl. The third kappa shape index (κ3) is 2.51. The van der Waals surface area contributed by atoms with E-state index in [-0.39, 0.29) is 5.02 Å². The van der Waals surface area contributed by atoms with Crippen molar-refractivity contribution in [3.8, 4) is 11.1 Å². The quantitative estimate of drug-likeness (QED) is 0.865. The van der Waals surface area contributed by atoms with Crippen molar-refractivity contribution in [2.45, 2.75) is 18.9 Å². The van der Waals surface area contributed by atoms with E-state index in [9.17, 15) is 4.39 Å². The molecule has 1 fully saturated rings. The van der Waals surface area contributed by atoms with Gasteiger partial charge >= 0.3 is 0 Å². The van der Waals surface area contributed by atoms with Crippen molar-refractivity contribution < 1.29 is 9.13 Å². The predicted octanol–water partition coefficient (Wildman–Crippen LogP) is 3.28. The van der Waals surface area contributed by atoms with Crippen LogP contribution in [0.5, 0.6) is 0 Å². The van der Waals surface area contributed by atoms with Crippen molar-refractivity contribution in [3.05, 3.63) is 35.4 Å². The molecule has 6 heteroatoms. The molecule has 4 nitrogen and oxygen atoms in total. The number of anilines is 1. The first kappa shape index (κ1) is 13.4. The van der Waals surface area contributed by atoms with Crippen LogP contribution in [0.2, 0.25) is 5.02 Å². The van der Waals surface area contributed by atoms with Gasteiger partial charge < -0.3 is 10.5 Å². The largest absolute Gasteiger partial charge is 0.398 e. The van der Waals surface area contributed by atoms with Gasteiger partial charge in [-0.05, 0) is 25.0 Å². The standard InChI is InChI=1S/C14H15ClFN3O/c15-12-6-13(16)11(5-14(12)17)9-7-18-19(8-9)10-1-3-20-4-2-10/h5-8,10H,1-4,17H2. The zero-order valence-corrected chi connectivity index (χ0v) is 11.6. The number of rotatable bonds is 2. The molecular formula is C14H15ClFN3O. The van der Waals surface area contributed by atoms with Crippen LogP contribution in [-0.4, -0.2) is 23.0 Å². The molecule has 0 spiro atoms. The second-order valence-corrected chi connectivity index (χ2v) is 5.31. The van der Waals surface area contributed by atoms with Crippen molar-refractivity contribution in [1.29, 1.82) is 0 Å². The zero-order valence-electron chi connectivity index (χ0n) is 10.9. The average molecular weight is 296 g/mol. The first-order valence-electron chi connectivity index (χ1n) is 6.52. The minimum Gasteiger partial charge on any atom is -0.398 e. The molecular weight excluding hydrogens is 281 g/mol. The average Bonchev–Trinajstić information content (AvgIpc) is 2.93. The maximum atomic E-state index is 14.0. The van der Waals surface area contributed by atoms with E-state index in [2.05, 4.69) is 5.10 Å². The molecule has 1 aromatic carbocycles. The lowest BCUT2D eigenvalue weighted by atomic mass is 10.1. The van der Waals surface area contributed by atoms with Gasteiger partial charge in [0.1, 0.15) is 5.82 Å². The normalized spacial score (nSPS) is 16.5. The molecule has 0 aliphatic carbocycles. The minimum atomic E-state index is -0.393. The Morgan fingerprint density at radius 3 is 2.85 bits per heavy atom. The van der Waals surface area contributed by atoms with Crippen LogP contribution >= 0.6 is 11.6 Å². The minimum absolute atomic E-state index is 0.225. The Labute approximate surface area is 121 Å². The Bertz CT molecular complexity index is 623. The summed E-state index contributed by atoms with van der Waals surface area (Å²) in [6.07, 6.45) is 5.35. The summed E-state index contributed by atoms with van der Waals surface area (Å²) in [6, 6.07) is 3.09. The monoisotopic (exact) mass is 295 g/mol. The first-order valence-corrected chi connectivity index (χ1v) is 6.90. The van der Waals surface area contributed by atoms with Gasteiger partial charge in [-0.25, -0.2) is 4.39 Å². The molecule has 1 aliphatic heterocycles. The van der Waals surface area contributed by atoms with Crippen LogP contribution in [0.25, 0.3) is 11.1 Å². The molecule has 0 saturated carbocycles. The number of nitrogen functional groups attached to an aromatic ring is 1. The number of hydrogen-bond acceptors (Lipinski definition) is 3. The lowest BCUT2D eigenvalue weighted by Gasteiger charge is -2.22. The van der Waals surface area contributed by atoms with E-state index >= 15 is 0 Å². The molecule has 2 heterocycles. The van der Waals surface area contributed by atoms with E-state index < -0.39 is 5.82 Å². The van der Waals surface area contributed by atoms with Gasteiger partial charge in [0, 0.05) is 30.5 Å². The summed E-state index contributed by atoms with van der Waals surface area (Å²) in [5, 5.41) is 4.56. The van der Waals surface area contributed by atoms with Gasteiger partial charge in [-0.15, -0.1) is 0 Å². The van der Waals surface area contributed by atoms with Crippen LogP contribution < -0.4 is 5.73 Å². The van der Waals surface area contributed by atoms with Crippen molar-refractivity contribution in [1.82, 2.24) is 9.78 Å². The molecule has 0 amide bonds. The Morgan fingerprint density at radius 1 is 1.35 bits per heavy atom. The molecule has 0 radical (unpaired) electrons. The van der Waals surface area contributed by atoms with Crippen LogP contribution in [0, 0.1) is 5.82 Å². The fourth-order valence-corrected chi connectivity index (χ4v) is 2.56. The van der Waals surface area contributed by atoms with Crippen LogP contribution in [-0.2, 0) is 4.74 Å². The fourth-order valence-electron chi connectivity index (χ4n) is 2.41. The maximum Gasteiger partial charge on any atom is 0.132 e. The number of halogens is 2. The van der Waals surface area contributed by atoms with Crippen LogP contribution in [0.15, 0.2) is 24.5 Å². The number of nitrogens with two attached hydrogens (primary N) is 1. The van der Waals surface area contributed by atoms with E-state index in [1.54, 1.807) is 12.3 Å². The summed E-state index contributed by atoms with van der Waals surface area (Å²) in [5.41, 5.74) is 7.22. The smallest absolute Gasteiger partial charge is 0.132 e. The molecule has 1 aliphatic rings. The number of hydrogen-bond donors (Lipinski definition) is 1. The fraction of sp³-hybridized carbons (Fsp3) is 0.357. The first-order chi connectivity index (χ1) is 9.65. The van der Waals surface area contributed by atoms with Crippen LogP contribution in [0.1, 0.15) is 18.9 Å². The second-order valence-electron chi connectivity index (χ2n) is 4.91. The topological polar surface area (TPSA) is 53.1 Å². The highest BCUT2D eigenvalue weighted by molar-refractivity contribution is 6.33. The van der Waals surface area contributed by atoms with E-state index in [0.717, 1.165) is 26.1 Å². The third-order valence-electron chi connectivity index (χ3n) is 3.56. The van der Waals surface area contributed by atoms with Gasteiger partial charge in [-0.2, -0.15) is 5.10 Å². The summed E-state index contributed by atoms with van der Waals surface area (Å²) >= 11 is 5.80. The van der Waals surface area contributed by atoms with E-state index in [4.69, 9.17) is 22.1 Å². The van der Waals surface area contributed by atoms with Crippen molar-refractivity contribution in [2.75, 3.05) is 18.9 Å². The molecule has 0 unspecified atom stereocenters. The van der Waals surface area contributed by atoms with Crippen molar-refractivity contribution in [2.24, 2.45) is 0 Å². The number of nitrogens with zero attached hydrogens (tertiary/aromatic N) is 2. The molecule has 106 valence electrons. The molecule has 20 heavy (non-hydrogen) atoms. The summed E-state index contributed by atoms with van der Waals surface area (Å²) < 4.78 is 21.2. The molecule has 3 rings (SSSR count). The van der Waals surface area contributed by atoms with Crippen molar-refractivity contribution in [3.63, 3.8) is 0 Å². The summed E-state index contributed by atoms with van der Waals surface area (Å²) in [4.78, 5) is 0. The van der Waals surface area contributed by atoms with Gasteiger partial charge in [-0.3, -0.25) is 4.68 Å². The Hall–Kier alpha value is -1.59. The number of benzene rings is 1. The summed E-state index contributed by atoms with van der Waals surface area (Å²) in [7, 11) is 0. The highest BCUT2D eigenvalue weighted by atomic mass is 35.5. The number of ether oxygens (including phenoxy) is 1. The Kier molecular flexibility index (Phi) is 3.63. The van der Waals surface area contributed by atoms with Crippen LogP contribution in [0.4, 0.5) is 10.1 Å². The predicted molar refractivity (Wildman–Crippen MR) is 76.1 cm³/mol. The third-order valence-corrected chi connectivity index (χ3v) is 3.89. The van der Waals surface area contributed by atoms with E-state index in [0.29, 0.717) is 22.9 Å². The van der Waals surface area contributed by atoms with Gasteiger partial charge in [0.15, 0.2) is 0 Å². The second kappa shape index (κ2) is 5.42. The lowest BCUT2D eigenvalue weighted by Crippen LogP contribution is -2.19. The lowest BCUT2D eigenvalue weighted by molar-refractivity contribution is 0.0662. The molecule has 2 N–H and O–H groups in total. The van der Waals surface area contributed by atoms with Crippen LogP contribution in [0.3, 0.4) is 0 Å². The molecule has 1 aromatic heterocycles. The summed E-state index contributed by atoms with van der Waals surface area (Å²) in [5.74, 6) is -0.393. The zero-order chi connectivity index (χ0) is 14.1. The van der Waals surface area contributed by atoms with Gasteiger partial charge in [-0.1, -0.05) is 11.6 Å². The van der Waals surface area contributed by atoms with Gasteiger partial charge in [0.25, 0.3) is 0 Å². The molecule has 1 saturated heterocycles. The molecule has 2 aromatic rings. The Morgan fingerprint density at radius 2 is 2.10 bits per heavy atom.